The molecule has 2 aromatic rings. The van der Waals surface area contributed by atoms with Gasteiger partial charge in [-0.1, -0.05) is 24.3 Å². The number of piperidine rings is 1. The molecule has 4 nitrogen and oxygen atoms in total. The molecule has 0 spiro atoms. The van der Waals surface area contributed by atoms with Gasteiger partial charge in [-0.15, -0.1) is 12.4 Å². The summed E-state index contributed by atoms with van der Waals surface area (Å²) in [4.78, 5) is 12.3. The standard InChI is InChI=1S/C19H19F3N2O2.ClH/c20-19(21,22)15-3-1-2-14(10-15)12-4-6-13(7-5-12)18(26)24-16-8-9-23-11-17(16)25;/h1-7,10,16-17,23,25H,8-9,11H2,(H,24,26);1H/t16-,17-;/m1./s1. The van der Waals surface area contributed by atoms with Gasteiger partial charge in [0.1, 0.15) is 0 Å². The normalized spacial score (nSPS) is 19.9. The monoisotopic (exact) mass is 400 g/mol. The Morgan fingerprint density at radius 3 is 2.44 bits per heavy atom. The summed E-state index contributed by atoms with van der Waals surface area (Å²) < 4.78 is 38.5. The number of hydrogen-bond acceptors (Lipinski definition) is 3. The van der Waals surface area contributed by atoms with Gasteiger partial charge in [0.05, 0.1) is 17.7 Å². The van der Waals surface area contributed by atoms with E-state index in [4.69, 9.17) is 0 Å². The highest BCUT2D eigenvalue weighted by molar-refractivity contribution is 5.95. The first-order valence-electron chi connectivity index (χ1n) is 8.32. The SMILES string of the molecule is Cl.O=C(N[C@@H]1CCNC[C@H]1O)c1ccc(-c2cccc(C(F)(F)F)c2)cc1. The van der Waals surface area contributed by atoms with E-state index in [1.165, 1.54) is 6.07 Å². The topological polar surface area (TPSA) is 61.4 Å². The van der Waals surface area contributed by atoms with Gasteiger partial charge < -0.3 is 15.7 Å². The zero-order valence-corrected chi connectivity index (χ0v) is 15.1. The van der Waals surface area contributed by atoms with E-state index in [1.807, 2.05) is 0 Å². The van der Waals surface area contributed by atoms with Gasteiger partial charge in [0.15, 0.2) is 0 Å². The molecule has 3 rings (SSSR count). The van der Waals surface area contributed by atoms with Crippen molar-refractivity contribution < 1.29 is 23.1 Å². The van der Waals surface area contributed by atoms with Crippen molar-refractivity contribution in [2.24, 2.45) is 0 Å². The molecule has 3 N–H and O–H groups in total. The second-order valence-electron chi connectivity index (χ2n) is 6.30. The van der Waals surface area contributed by atoms with Crippen LogP contribution >= 0.6 is 12.4 Å². The Morgan fingerprint density at radius 1 is 1.11 bits per heavy atom. The van der Waals surface area contributed by atoms with Gasteiger partial charge in [-0.25, -0.2) is 0 Å². The summed E-state index contributed by atoms with van der Waals surface area (Å²) in [6.45, 7) is 1.15. The maximum atomic E-state index is 12.8. The number of β-amino-alcohol motifs (C(OH)–C–C–N with tert-alkyl or cyclic N) is 1. The lowest BCUT2D eigenvalue weighted by atomic mass is 10.0. The van der Waals surface area contributed by atoms with Crippen molar-refractivity contribution >= 4 is 18.3 Å². The summed E-state index contributed by atoms with van der Waals surface area (Å²) in [6.07, 6.45) is -4.40. The average Bonchev–Trinajstić information content (AvgIpc) is 2.63. The fourth-order valence-corrected chi connectivity index (χ4v) is 2.95. The van der Waals surface area contributed by atoms with Crippen LogP contribution in [0.5, 0.6) is 0 Å². The zero-order chi connectivity index (χ0) is 18.7. The van der Waals surface area contributed by atoms with Gasteiger partial charge in [-0.3, -0.25) is 4.79 Å². The molecule has 1 amide bonds. The number of benzene rings is 2. The van der Waals surface area contributed by atoms with Crippen LogP contribution in [0.4, 0.5) is 13.2 Å². The third-order valence-corrected chi connectivity index (χ3v) is 4.44. The molecule has 0 aromatic heterocycles. The van der Waals surface area contributed by atoms with Crippen molar-refractivity contribution in [2.75, 3.05) is 13.1 Å². The van der Waals surface area contributed by atoms with E-state index in [9.17, 15) is 23.1 Å². The molecule has 27 heavy (non-hydrogen) atoms. The van der Waals surface area contributed by atoms with Crippen LogP contribution in [0.1, 0.15) is 22.3 Å². The Balaban J connectivity index is 0.00000261. The molecule has 0 bridgehead atoms. The highest BCUT2D eigenvalue weighted by Crippen LogP contribution is 2.32. The lowest BCUT2D eigenvalue weighted by molar-refractivity contribution is -0.137. The van der Waals surface area contributed by atoms with Crippen LogP contribution in [0.2, 0.25) is 0 Å². The van der Waals surface area contributed by atoms with Gasteiger partial charge in [-0.2, -0.15) is 13.2 Å². The highest BCUT2D eigenvalue weighted by Gasteiger charge is 2.30. The average molecular weight is 401 g/mol. The van der Waals surface area contributed by atoms with Crippen LogP contribution in [0.15, 0.2) is 48.5 Å². The van der Waals surface area contributed by atoms with Crippen LogP contribution in [0, 0.1) is 0 Å². The molecule has 1 aliphatic heterocycles. The number of rotatable bonds is 3. The van der Waals surface area contributed by atoms with Crippen molar-refractivity contribution in [1.82, 2.24) is 10.6 Å². The summed E-state index contributed by atoms with van der Waals surface area (Å²) in [5.74, 6) is -0.313. The van der Waals surface area contributed by atoms with Gasteiger partial charge in [-0.05, 0) is 48.4 Å². The van der Waals surface area contributed by atoms with E-state index in [1.54, 1.807) is 30.3 Å². The van der Waals surface area contributed by atoms with Crippen molar-refractivity contribution in [3.63, 3.8) is 0 Å². The summed E-state index contributed by atoms with van der Waals surface area (Å²) in [7, 11) is 0. The van der Waals surface area contributed by atoms with E-state index in [0.29, 0.717) is 29.7 Å². The maximum absolute atomic E-state index is 12.8. The first kappa shape index (κ1) is 21.2. The van der Waals surface area contributed by atoms with E-state index in [0.717, 1.165) is 18.7 Å². The van der Waals surface area contributed by atoms with Crippen LogP contribution in [-0.4, -0.2) is 36.2 Å². The third-order valence-electron chi connectivity index (χ3n) is 4.44. The third kappa shape index (κ3) is 5.22. The molecule has 1 heterocycles. The minimum atomic E-state index is -4.40. The van der Waals surface area contributed by atoms with Crippen molar-refractivity contribution in [3.8, 4) is 11.1 Å². The first-order chi connectivity index (χ1) is 12.3. The molecule has 2 aromatic carbocycles. The molecule has 1 saturated heterocycles. The van der Waals surface area contributed by atoms with Gasteiger partial charge >= 0.3 is 6.18 Å². The maximum Gasteiger partial charge on any atom is 0.416 e. The van der Waals surface area contributed by atoms with Crippen molar-refractivity contribution in [2.45, 2.75) is 24.7 Å². The Labute approximate surface area is 161 Å². The van der Waals surface area contributed by atoms with Gasteiger partial charge in [0.2, 0.25) is 0 Å². The molecular formula is C19H20ClF3N2O2. The number of carbonyl (C=O) groups is 1. The number of halogens is 4. The van der Waals surface area contributed by atoms with Crippen molar-refractivity contribution in [1.29, 1.82) is 0 Å². The molecule has 0 unspecified atom stereocenters. The predicted molar refractivity (Wildman–Crippen MR) is 98.9 cm³/mol. The Kier molecular flexibility index (Phi) is 6.86. The minimum absolute atomic E-state index is 0. The second-order valence-corrected chi connectivity index (χ2v) is 6.30. The predicted octanol–water partition coefficient (Wildman–Crippen LogP) is 3.25. The fraction of sp³-hybridized carbons (Fsp3) is 0.316. The number of nitrogens with one attached hydrogen (secondary N) is 2. The molecule has 8 heteroatoms. The van der Waals surface area contributed by atoms with Gasteiger partial charge in [0.25, 0.3) is 5.91 Å². The Bertz CT molecular complexity index is 781. The summed E-state index contributed by atoms with van der Waals surface area (Å²) in [6, 6.07) is 11.1. The largest absolute Gasteiger partial charge is 0.416 e. The zero-order valence-electron chi connectivity index (χ0n) is 14.3. The molecule has 1 fully saturated rings. The quantitative estimate of drug-likeness (QED) is 0.741. The smallest absolute Gasteiger partial charge is 0.390 e. The number of aliphatic hydroxyl groups excluding tert-OH is 1. The molecule has 0 aliphatic carbocycles. The number of amides is 1. The van der Waals surface area contributed by atoms with Crippen LogP contribution < -0.4 is 10.6 Å². The van der Waals surface area contributed by atoms with E-state index < -0.39 is 17.8 Å². The molecule has 1 aliphatic rings. The number of hydrogen-bond donors (Lipinski definition) is 3. The lowest BCUT2D eigenvalue weighted by Gasteiger charge is -2.29. The van der Waals surface area contributed by atoms with E-state index >= 15 is 0 Å². The number of alkyl halides is 3. The Morgan fingerprint density at radius 2 is 1.81 bits per heavy atom. The molecule has 0 radical (unpaired) electrons. The van der Waals surface area contributed by atoms with Gasteiger partial charge in [0, 0.05) is 12.1 Å². The number of carbonyl (C=O) groups excluding carboxylic acids is 1. The molecule has 146 valence electrons. The van der Waals surface area contributed by atoms with Crippen molar-refractivity contribution in [3.05, 3.63) is 59.7 Å². The van der Waals surface area contributed by atoms with Crippen LogP contribution in [0.3, 0.4) is 0 Å². The van der Waals surface area contributed by atoms with E-state index in [2.05, 4.69) is 10.6 Å². The molecule has 2 atom stereocenters. The molecular weight excluding hydrogens is 381 g/mol. The molecule has 0 saturated carbocycles. The summed E-state index contributed by atoms with van der Waals surface area (Å²) in [5, 5.41) is 15.7. The first-order valence-corrected chi connectivity index (χ1v) is 8.32. The Hall–Kier alpha value is -2.09. The number of aliphatic hydroxyl groups is 1. The highest BCUT2D eigenvalue weighted by atomic mass is 35.5. The second kappa shape index (κ2) is 8.73. The summed E-state index contributed by atoms with van der Waals surface area (Å²) >= 11 is 0. The van der Waals surface area contributed by atoms with Crippen LogP contribution in [0.25, 0.3) is 11.1 Å². The minimum Gasteiger partial charge on any atom is -0.390 e. The fourth-order valence-electron chi connectivity index (χ4n) is 2.95. The van der Waals surface area contributed by atoms with E-state index in [-0.39, 0.29) is 24.4 Å². The lowest BCUT2D eigenvalue weighted by Crippen LogP contribution is -2.52. The van der Waals surface area contributed by atoms with Crippen LogP contribution in [-0.2, 0) is 6.18 Å². The summed E-state index contributed by atoms with van der Waals surface area (Å²) in [5.41, 5.74) is 0.707.